The molecule has 160 valence electrons. The van der Waals surface area contributed by atoms with E-state index in [9.17, 15) is 13.0 Å². The van der Waals surface area contributed by atoms with Gasteiger partial charge in [0.1, 0.15) is 11.2 Å². The van der Waals surface area contributed by atoms with Gasteiger partial charge in [-0.2, -0.15) is 8.42 Å². The standard InChI is InChI=1S/C20H35N3O4S/c1-14-13-15(18(2,3)4)11-12-16(14)21-17(22-19(5,6)7)23(20(8,9)10)27-28(24,25)26/h11-13H,1-10H3,(H2,21,22,24,25,26)/p+1. The van der Waals surface area contributed by atoms with E-state index < -0.39 is 21.5 Å². The number of benzene rings is 1. The van der Waals surface area contributed by atoms with Gasteiger partial charge in [-0.15, -0.1) is 0 Å². The van der Waals surface area contributed by atoms with E-state index in [1.54, 1.807) is 20.8 Å². The van der Waals surface area contributed by atoms with E-state index in [0.29, 0.717) is 5.96 Å². The Labute approximate surface area is 170 Å². The van der Waals surface area contributed by atoms with Crippen LogP contribution < -0.4 is 10.6 Å². The number of hydrogen-bond donors (Lipinski definition) is 3. The number of aryl methyl sites for hydroxylation is 1. The second-order valence-corrected chi connectivity index (χ2v) is 11.1. The van der Waals surface area contributed by atoms with Crippen molar-refractivity contribution in [2.75, 3.05) is 5.32 Å². The Morgan fingerprint density at radius 1 is 1.04 bits per heavy atom. The van der Waals surface area contributed by atoms with Gasteiger partial charge in [-0.3, -0.25) is 9.87 Å². The molecule has 1 rings (SSSR count). The Kier molecular flexibility index (Phi) is 6.85. The average molecular weight is 415 g/mol. The minimum atomic E-state index is -4.71. The fourth-order valence-electron chi connectivity index (χ4n) is 2.46. The number of rotatable bonds is 3. The molecule has 0 aromatic heterocycles. The highest BCUT2D eigenvalue weighted by molar-refractivity contribution is 7.80. The van der Waals surface area contributed by atoms with Crippen molar-refractivity contribution in [1.29, 1.82) is 0 Å². The van der Waals surface area contributed by atoms with Crippen molar-refractivity contribution >= 4 is 22.0 Å². The highest BCUT2D eigenvalue weighted by Gasteiger charge is 2.34. The molecule has 0 heterocycles. The predicted molar refractivity (Wildman–Crippen MR) is 114 cm³/mol. The Morgan fingerprint density at radius 3 is 1.93 bits per heavy atom. The molecule has 0 saturated heterocycles. The van der Waals surface area contributed by atoms with Crippen molar-refractivity contribution in [3.63, 3.8) is 0 Å². The monoisotopic (exact) mass is 414 g/mol. The molecule has 0 amide bonds. The number of nitrogens with zero attached hydrogens (tertiary/aromatic N) is 1. The third-order valence-corrected chi connectivity index (χ3v) is 4.16. The van der Waals surface area contributed by atoms with E-state index >= 15 is 0 Å². The molecule has 0 aliphatic heterocycles. The van der Waals surface area contributed by atoms with Crippen molar-refractivity contribution in [3.8, 4) is 0 Å². The van der Waals surface area contributed by atoms with Crippen LogP contribution in [0.3, 0.4) is 0 Å². The molecule has 7 nitrogen and oxygen atoms in total. The van der Waals surface area contributed by atoms with Crippen molar-refractivity contribution in [2.24, 2.45) is 0 Å². The average Bonchev–Trinajstić information content (AvgIpc) is 2.41. The van der Waals surface area contributed by atoms with Crippen LogP contribution in [0.25, 0.3) is 0 Å². The van der Waals surface area contributed by atoms with Gasteiger partial charge in [0, 0.05) is 0 Å². The first-order valence-electron chi connectivity index (χ1n) is 9.30. The maximum atomic E-state index is 11.5. The van der Waals surface area contributed by atoms with Crippen LogP contribution in [0.5, 0.6) is 0 Å². The van der Waals surface area contributed by atoms with Gasteiger partial charge in [-0.05, 0) is 71.1 Å². The number of nitrogens with one attached hydrogen (secondary N) is 2. The highest BCUT2D eigenvalue weighted by atomic mass is 32.3. The zero-order valence-electron chi connectivity index (χ0n) is 18.8. The molecule has 0 saturated carbocycles. The molecular formula is C20H36N3O4S+. The van der Waals surface area contributed by atoms with Gasteiger partial charge in [0.05, 0.1) is 5.54 Å². The molecule has 0 aliphatic rings. The first-order valence-corrected chi connectivity index (χ1v) is 10.7. The minimum Gasteiger partial charge on any atom is -0.270 e. The summed E-state index contributed by atoms with van der Waals surface area (Å²) in [5, 5.41) is 6.48. The van der Waals surface area contributed by atoms with Crippen LogP contribution in [0.15, 0.2) is 18.2 Å². The van der Waals surface area contributed by atoms with Crippen molar-refractivity contribution < 1.29 is 22.0 Å². The van der Waals surface area contributed by atoms with E-state index in [2.05, 4.69) is 37.5 Å². The molecule has 0 radical (unpaired) electrons. The summed E-state index contributed by atoms with van der Waals surface area (Å²) in [6.45, 7) is 19.6. The molecule has 0 unspecified atom stereocenters. The van der Waals surface area contributed by atoms with Crippen LogP contribution in [0.2, 0.25) is 0 Å². The Balaban J connectivity index is 3.54. The zero-order valence-corrected chi connectivity index (χ0v) is 19.6. The molecule has 0 atom stereocenters. The third-order valence-electron chi connectivity index (χ3n) is 3.82. The van der Waals surface area contributed by atoms with E-state index in [-0.39, 0.29) is 5.41 Å². The third kappa shape index (κ3) is 7.67. The number of guanidine groups is 1. The van der Waals surface area contributed by atoms with Gasteiger partial charge in [-0.25, -0.2) is 9.60 Å². The lowest BCUT2D eigenvalue weighted by atomic mass is 9.86. The zero-order chi connectivity index (χ0) is 22.1. The fraction of sp³-hybridized carbons (Fsp3) is 0.650. The summed E-state index contributed by atoms with van der Waals surface area (Å²) < 4.78 is 38.2. The van der Waals surface area contributed by atoms with E-state index in [0.717, 1.165) is 16.0 Å². The van der Waals surface area contributed by atoms with Crippen molar-refractivity contribution in [2.45, 2.75) is 85.7 Å². The molecular weight excluding hydrogens is 378 g/mol. The SMILES string of the molecule is Cc1cc(C(C)(C)C)ccc1N/C(NC(C)(C)C)=[N+](/OS(=O)(=O)O)C(C)(C)C. The largest absolute Gasteiger partial charge is 0.476 e. The molecule has 0 fully saturated rings. The molecule has 0 bridgehead atoms. The van der Waals surface area contributed by atoms with Gasteiger partial charge in [-0.1, -0.05) is 37.6 Å². The molecule has 1 aromatic rings. The van der Waals surface area contributed by atoms with Gasteiger partial charge in [0.2, 0.25) is 0 Å². The summed E-state index contributed by atoms with van der Waals surface area (Å²) in [4.78, 5) is 0. The van der Waals surface area contributed by atoms with Gasteiger partial charge >= 0.3 is 16.4 Å². The van der Waals surface area contributed by atoms with Gasteiger partial charge in [0.25, 0.3) is 0 Å². The normalized spacial score (nSPS) is 14.4. The van der Waals surface area contributed by atoms with E-state index in [4.69, 9.17) is 4.28 Å². The summed E-state index contributed by atoms with van der Waals surface area (Å²) in [6.07, 6.45) is 0. The topological polar surface area (TPSA) is 90.7 Å². The number of hydroxylamine groups is 1. The van der Waals surface area contributed by atoms with Gasteiger partial charge in [0.15, 0.2) is 0 Å². The highest BCUT2D eigenvalue weighted by Crippen LogP contribution is 2.26. The summed E-state index contributed by atoms with van der Waals surface area (Å²) in [7, 11) is -4.71. The maximum absolute atomic E-state index is 11.5. The summed E-state index contributed by atoms with van der Waals surface area (Å²) >= 11 is 0. The van der Waals surface area contributed by atoms with Crippen molar-refractivity contribution in [3.05, 3.63) is 29.3 Å². The van der Waals surface area contributed by atoms with E-state index in [1.807, 2.05) is 39.8 Å². The predicted octanol–water partition coefficient (Wildman–Crippen LogP) is 3.99. The lowest BCUT2D eigenvalue weighted by molar-refractivity contribution is -0.795. The van der Waals surface area contributed by atoms with Crippen molar-refractivity contribution in [1.82, 2.24) is 5.32 Å². The van der Waals surface area contributed by atoms with E-state index in [1.165, 1.54) is 5.56 Å². The molecule has 0 spiro atoms. The molecule has 8 heteroatoms. The maximum Gasteiger partial charge on any atom is 0.476 e. The number of hydrogen-bond acceptors (Lipinski definition) is 3. The first-order chi connectivity index (χ1) is 12.3. The Morgan fingerprint density at radius 2 is 1.57 bits per heavy atom. The molecule has 3 N–H and O–H groups in total. The van der Waals surface area contributed by atoms with Crippen LogP contribution in [0.1, 0.15) is 73.4 Å². The lowest BCUT2D eigenvalue weighted by Crippen LogP contribution is -2.53. The summed E-state index contributed by atoms with van der Waals surface area (Å²) in [5.41, 5.74) is 1.85. The second kappa shape index (κ2) is 7.91. The first kappa shape index (κ1) is 24.2. The van der Waals surface area contributed by atoms with Gasteiger partial charge < -0.3 is 0 Å². The fourth-order valence-corrected chi connectivity index (χ4v) is 2.95. The quantitative estimate of drug-likeness (QED) is 0.228. The van der Waals surface area contributed by atoms with Crippen LogP contribution >= 0.6 is 0 Å². The Hall–Kier alpha value is -1.80. The molecule has 28 heavy (non-hydrogen) atoms. The lowest BCUT2D eigenvalue weighted by Gasteiger charge is -2.26. The molecule has 1 aromatic carbocycles. The minimum absolute atomic E-state index is 0.0189. The summed E-state index contributed by atoms with van der Waals surface area (Å²) in [6, 6.07) is 6.09. The smallest absolute Gasteiger partial charge is 0.270 e. The van der Waals surface area contributed by atoms with Crippen LogP contribution in [-0.4, -0.2) is 34.7 Å². The molecule has 0 aliphatic carbocycles. The van der Waals surface area contributed by atoms with Crippen LogP contribution in [-0.2, 0) is 20.1 Å². The summed E-state index contributed by atoms with van der Waals surface area (Å²) in [5.74, 6) is 0.309. The van der Waals surface area contributed by atoms with Crippen LogP contribution in [0, 0.1) is 6.92 Å². The Bertz CT molecular complexity index is 840. The number of anilines is 1. The second-order valence-electron chi connectivity index (χ2n) is 10.1. The van der Waals surface area contributed by atoms with Crippen LogP contribution in [0.4, 0.5) is 5.69 Å².